The molecule has 1 atom stereocenters. The molecule has 0 N–H and O–H groups in total. The Morgan fingerprint density at radius 3 is 2.79 bits per heavy atom. The van der Waals surface area contributed by atoms with Crippen molar-refractivity contribution in [1.29, 1.82) is 0 Å². The van der Waals surface area contributed by atoms with E-state index in [-0.39, 0.29) is 11.2 Å². The van der Waals surface area contributed by atoms with Crippen molar-refractivity contribution in [1.82, 2.24) is 9.66 Å². The van der Waals surface area contributed by atoms with Gasteiger partial charge in [0.05, 0.1) is 42.7 Å². The van der Waals surface area contributed by atoms with E-state index in [1.807, 2.05) is 11.6 Å². The summed E-state index contributed by atoms with van der Waals surface area (Å²) in [6.45, 7) is 4.78. The van der Waals surface area contributed by atoms with E-state index in [4.69, 9.17) is 16.3 Å². The highest BCUT2D eigenvalue weighted by Crippen LogP contribution is 2.25. The Labute approximate surface area is 115 Å². The second kappa shape index (κ2) is 4.98. The Bertz CT molecular complexity index is 593. The highest BCUT2D eigenvalue weighted by molar-refractivity contribution is 6.20. The largest absolute Gasteiger partial charge is 0.378 e. The Hall–Kier alpha value is -1.33. The van der Waals surface area contributed by atoms with Gasteiger partial charge in [0.15, 0.2) is 0 Å². The molecule has 1 aromatic carbocycles. The molecule has 3 rings (SSSR count). The highest BCUT2D eigenvalue weighted by atomic mass is 35.5. The van der Waals surface area contributed by atoms with E-state index in [9.17, 15) is 4.39 Å². The summed E-state index contributed by atoms with van der Waals surface area (Å²) >= 11 is 6.20. The molecule has 1 aliphatic rings. The van der Waals surface area contributed by atoms with Crippen LogP contribution in [-0.4, -0.2) is 36.0 Å². The van der Waals surface area contributed by atoms with Crippen molar-refractivity contribution in [2.24, 2.45) is 0 Å². The molecule has 0 spiro atoms. The number of rotatable bonds is 2. The van der Waals surface area contributed by atoms with Crippen LogP contribution in [0.3, 0.4) is 0 Å². The summed E-state index contributed by atoms with van der Waals surface area (Å²) in [5, 5.41) is 1.91. The van der Waals surface area contributed by atoms with Gasteiger partial charge in [-0.05, 0) is 19.1 Å². The van der Waals surface area contributed by atoms with Gasteiger partial charge in [-0.3, -0.25) is 0 Å². The number of halogens is 2. The maximum atomic E-state index is 13.3. The number of hydrogen-bond acceptors (Lipinski definition) is 3. The van der Waals surface area contributed by atoms with Gasteiger partial charge < -0.3 is 9.75 Å². The van der Waals surface area contributed by atoms with E-state index in [0.29, 0.717) is 18.7 Å². The van der Waals surface area contributed by atoms with Gasteiger partial charge in [0.1, 0.15) is 11.6 Å². The van der Waals surface area contributed by atoms with Gasteiger partial charge in [-0.25, -0.2) is 14.1 Å². The summed E-state index contributed by atoms with van der Waals surface area (Å²) in [7, 11) is 0. The number of benzene rings is 1. The van der Waals surface area contributed by atoms with Crippen LogP contribution in [0.25, 0.3) is 11.0 Å². The third kappa shape index (κ3) is 2.28. The fourth-order valence-corrected chi connectivity index (χ4v) is 2.51. The van der Waals surface area contributed by atoms with Crippen molar-refractivity contribution in [3.8, 4) is 0 Å². The number of morpholine rings is 1. The molecule has 1 unspecified atom stereocenters. The SMILES string of the molecule is CC(Cl)c1nc2cc(F)ccc2n1N1CCOCC1. The molecular formula is C13H15ClFN3O. The first-order valence-electron chi connectivity index (χ1n) is 6.32. The molecule has 2 heterocycles. The van der Waals surface area contributed by atoms with E-state index in [1.165, 1.54) is 12.1 Å². The zero-order chi connectivity index (χ0) is 13.4. The number of hydrogen-bond donors (Lipinski definition) is 0. The molecule has 1 aromatic heterocycles. The number of imidazole rings is 1. The normalized spacial score (nSPS) is 17.9. The molecule has 102 valence electrons. The lowest BCUT2D eigenvalue weighted by atomic mass is 10.3. The van der Waals surface area contributed by atoms with Crippen molar-refractivity contribution in [2.45, 2.75) is 12.3 Å². The highest BCUT2D eigenvalue weighted by Gasteiger charge is 2.21. The van der Waals surface area contributed by atoms with E-state index in [2.05, 4.69) is 9.99 Å². The quantitative estimate of drug-likeness (QED) is 0.793. The Kier molecular flexibility index (Phi) is 3.33. The summed E-state index contributed by atoms with van der Waals surface area (Å²) in [5.41, 5.74) is 1.51. The first-order valence-corrected chi connectivity index (χ1v) is 6.75. The van der Waals surface area contributed by atoms with Crippen molar-refractivity contribution in [3.63, 3.8) is 0 Å². The van der Waals surface area contributed by atoms with Gasteiger partial charge in [-0.15, -0.1) is 11.6 Å². The molecule has 2 aromatic rings. The average molecular weight is 284 g/mol. The lowest BCUT2D eigenvalue weighted by Crippen LogP contribution is -2.44. The van der Waals surface area contributed by atoms with E-state index in [1.54, 1.807) is 6.07 Å². The molecule has 0 radical (unpaired) electrons. The topological polar surface area (TPSA) is 30.3 Å². The number of ether oxygens (including phenoxy) is 1. The fraction of sp³-hybridized carbons (Fsp3) is 0.462. The van der Waals surface area contributed by atoms with Crippen molar-refractivity contribution in [3.05, 3.63) is 29.8 Å². The van der Waals surface area contributed by atoms with Gasteiger partial charge in [-0.1, -0.05) is 0 Å². The monoisotopic (exact) mass is 283 g/mol. The van der Waals surface area contributed by atoms with E-state index >= 15 is 0 Å². The van der Waals surface area contributed by atoms with Crippen LogP contribution in [0.5, 0.6) is 0 Å². The lowest BCUT2D eigenvalue weighted by molar-refractivity contribution is 0.111. The zero-order valence-electron chi connectivity index (χ0n) is 10.6. The number of nitrogens with zero attached hydrogens (tertiary/aromatic N) is 3. The minimum atomic E-state index is -0.284. The van der Waals surface area contributed by atoms with Crippen LogP contribution in [0, 0.1) is 5.82 Å². The lowest BCUT2D eigenvalue weighted by Gasteiger charge is -2.31. The van der Waals surface area contributed by atoms with E-state index < -0.39 is 0 Å². The summed E-state index contributed by atoms with van der Waals surface area (Å²) in [4.78, 5) is 4.46. The van der Waals surface area contributed by atoms with E-state index in [0.717, 1.165) is 24.4 Å². The maximum Gasteiger partial charge on any atom is 0.146 e. The van der Waals surface area contributed by atoms with Gasteiger partial charge in [0.2, 0.25) is 0 Å². The summed E-state index contributed by atoms with van der Waals surface area (Å²) in [5.74, 6) is 0.456. The van der Waals surface area contributed by atoms with Crippen LogP contribution in [-0.2, 0) is 4.74 Å². The maximum absolute atomic E-state index is 13.3. The van der Waals surface area contributed by atoms with Gasteiger partial charge >= 0.3 is 0 Å². The molecule has 0 amide bonds. The summed E-state index contributed by atoms with van der Waals surface area (Å²) in [6.07, 6.45) is 0. The molecule has 1 aliphatic heterocycles. The molecule has 1 fully saturated rings. The first-order chi connectivity index (χ1) is 9.16. The third-order valence-corrected chi connectivity index (χ3v) is 3.44. The first kappa shape index (κ1) is 12.7. The molecule has 6 heteroatoms. The third-order valence-electron chi connectivity index (χ3n) is 3.24. The molecule has 19 heavy (non-hydrogen) atoms. The molecule has 0 aliphatic carbocycles. The Balaban J connectivity index is 2.15. The Morgan fingerprint density at radius 1 is 1.37 bits per heavy atom. The molecular weight excluding hydrogens is 269 g/mol. The predicted molar refractivity (Wildman–Crippen MR) is 72.7 cm³/mol. The number of fused-ring (bicyclic) bond motifs is 1. The van der Waals surface area contributed by atoms with Crippen LogP contribution in [0.2, 0.25) is 0 Å². The smallest absolute Gasteiger partial charge is 0.146 e. The average Bonchev–Trinajstić information content (AvgIpc) is 2.78. The molecule has 4 nitrogen and oxygen atoms in total. The number of aromatic nitrogens is 2. The minimum Gasteiger partial charge on any atom is -0.378 e. The van der Waals surface area contributed by atoms with Crippen LogP contribution in [0.1, 0.15) is 18.1 Å². The molecule has 0 saturated carbocycles. The molecule has 0 bridgehead atoms. The van der Waals surface area contributed by atoms with Gasteiger partial charge in [0.25, 0.3) is 0 Å². The van der Waals surface area contributed by atoms with Gasteiger partial charge in [0, 0.05) is 6.07 Å². The van der Waals surface area contributed by atoms with Crippen LogP contribution < -0.4 is 5.01 Å². The standard InChI is InChI=1S/C13H15ClFN3O/c1-9(14)13-16-11-8-10(15)2-3-12(11)18(13)17-4-6-19-7-5-17/h2-3,8-9H,4-7H2,1H3. The second-order valence-corrected chi connectivity index (χ2v) is 5.25. The fourth-order valence-electron chi connectivity index (χ4n) is 2.37. The predicted octanol–water partition coefficient (Wildman–Crippen LogP) is 2.44. The number of alkyl halides is 1. The van der Waals surface area contributed by atoms with Crippen molar-refractivity contribution in [2.75, 3.05) is 31.3 Å². The zero-order valence-corrected chi connectivity index (χ0v) is 11.4. The van der Waals surface area contributed by atoms with Gasteiger partial charge in [-0.2, -0.15) is 0 Å². The van der Waals surface area contributed by atoms with Crippen molar-refractivity contribution >= 4 is 22.6 Å². The Morgan fingerprint density at radius 2 is 2.11 bits per heavy atom. The van der Waals surface area contributed by atoms with Crippen LogP contribution in [0.15, 0.2) is 18.2 Å². The minimum absolute atomic E-state index is 0.238. The van der Waals surface area contributed by atoms with Crippen LogP contribution in [0.4, 0.5) is 4.39 Å². The summed E-state index contributed by atoms with van der Waals surface area (Å²) < 4.78 is 20.7. The summed E-state index contributed by atoms with van der Waals surface area (Å²) in [6, 6.07) is 4.63. The van der Waals surface area contributed by atoms with Crippen molar-refractivity contribution < 1.29 is 9.13 Å². The molecule has 1 saturated heterocycles. The second-order valence-electron chi connectivity index (χ2n) is 4.60. The van der Waals surface area contributed by atoms with Crippen LogP contribution >= 0.6 is 11.6 Å².